The minimum atomic E-state index is -4.54. The van der Waals surface area contributed by atoms with Gasteiger partial charge in [0.1, 0.15) is 5.69 Å². The van der Waals surface area contributed by atoms with Crippen molar-refractivity contribution < 1.29 is 18.3 Å². The van der Waals surface area contributed by atoms with E-state index in [1.807, 2.05) is 0 Å². The number of nitrogens with zero attached hydrogens (tertiary/aromatic N) is 1. The summed E-state index contributed by atoms with van der Waals surface area (Å²) in [7, 11) is 0. The molecule has 1 heterocycles. The molecule has 0 amide bonds. The van der Waals surface area contributed by atoms with Gasteiger partial charge >= 0.3 is 6.18 Å². The zero-order chi connectivity index (χ0) is 12.6. The summed E-state index contributed by atoms with van der Waals surface area (Å²) in [4.78, 5) is 3.30. The highest BCUT2D eigenvalue weighted by molar-refractivity contribution is 7.80. The molecule has 0 aliphatic carbocycles. The van der Waals surface area contributed by atoms with Crippen LogP contribution in [0.25, 0.3) is 0 Å². The highest BCUT2D eigenvalue weighted by Crippen LogP contribution is 2.39. The molecule has 0 aromatic carbocycles. The monoisotopic (exact) mass is 251 g/mol. The highest BCUT2D eigenvalue weighted by Gasteiger charge is 2.39. The van der Waals surface area contributed by atoms with E-state index >= 15 is 0 Å². The Kier molecular flexibility index (Phi) is 3.54. The molecule has 0 aliphatic heterocycles. The lowest BCUT2D eigenvalue weighted by molar-refractivity contribution is -0.142. The number of hydrogen-bond donors (Lipinski definition) is 2. The maximum Gasteiger partial charge on any atom is 0.433 e. The zero-order valence-corrected chi connectivity index (χ0v) is 9.68. The number of aromatic nitrogens is 1. The SMILES string of the molecule is CC(C)(O)C(S)c1cccnc1C(F)(F)F. The normalized spacial score (nSPS) is 14.9. The Morgan fingerprint density at radius 2 is 1.94 bits per heavy atom. The second kappa shape index (κ2) is 4.25. The lowest BCUT2D eigenvalue weighted by Gasteiger charge is -2.27. The van der Waals surface area contributed by atoms with Gasteiger partial charge in [-0.3, -0.25) is 4.98 Å². The average molecular weight is 251 g/mol. The van der Waals surface area contributed by atoms with Gasteiger partial charge in [0.2, 0.25) is 0 Å². The number of aliphatic hydroxyl groups is 1. The van der Waals surface area contributed by atoms with Crippen LogP contribution < -0.4 is 0 Å². The third-order valence-electron chi connectivity index (χ3n) is 2.07. The van der Waals surface area contributed by atoms with Gasteiger partial charge in [0.05, 0.1) is 10.9 Å². The van der Waals surface area contributed by atoms with Crippen molar-refractivity contribution in [3.8, 4) is 0 Å². The van der Waals surface area contributed by atoms with Gasteiger partial charge in [-0.15, -0.1) is 0 Å². The maximum absolute atomic E-state index is 12.6. The summed E-state index contributed by atoms with van der Waals surface area (Å²) < 4.78 is 37.9. The van der Waals surface area contributed by atoms with Crippen LogP contribution in [0.3, 0.4) is 0 Å². The second-order valence-electron chi connectivity index (χ2n) is 4.00. The Labute approximate surface area is 96.9 Å². The lowest BCUT2D eigenvalue weighted by atomic mass is 9.96. The lowest BCUT2D eigenvalue weighted by Crippen LogP contribution is -2.27. The Morgan fingerprint density at radius 1 is 1.38 bits per heavy atom. The molecule has 6 heteroatoms. The predicted molar refractivity (Wildman–Crippen MR) is 57.3 cm³/mol. The molecular formula is C10H12F3NOS. The Bertz CT molecular complexity index is 373. The van der Waals surface area contributed by atoms with Crippen LogP contribution >= 0.6 is 12.6 Å². The van der Waals surface area contributed by atoms with Crippen molar-refractivity contribution in [2.45, 2.75) is 30.9 Å². The van der Waals surface area contributed by atoms with E-state index in [0.29, 0.717) is 0 Å². The molecule has 1 unspecified atom stereocenters. The molecule has 0 spiro atoms. The van der Waals surface area contributed by atoms with Gasteiger partial charge in [-0.05, 0) is 25.5 Å². The van der Waals surface area contributed by atoms with E-state index < -0.39 is 22.7 Å². The van der Waals surface area contributed by atoms with Crippen LogP contribution in [0.5, 0.6) is 0 Å². The quantitative estimate of drug-likeness (QED) is 0.792. The van der Waals surface area contributed by atoms with Gasteiger partial charge in [0, 0.05) is 6.20 Å². The fourth-order valence-electron chi connectivity index (χ4n) is 1.26. The minimum absolute atomic E-state index is 0.120. The number of alkyl halides is 3. The number of rotatable bonds is 2. The maximum atomic E-state index is 12.6. The molecule has 0 bridgehead atoms. The molecule has 1 rings (SSSR count). The Morgan fingerprint density at radius 3 is 2.38 bits per heavy atom. The molecule has 90 valence electrons. The fraction of sp³-hybridized carbons (Fsp3) is 0.500. The number of hydrogen-bond acceptors (Lipinski definition) is 3. The van der Waals surface area contributed by atoms with Gasteiger partial charge in [0.15, 0.2) is 0 Å². The molecule has 0 saturated heterocycles. The summed E-state index contributed by atoms with van der Waals surface area (Å²) in [5, 5.41) is 8.71. The van der Waals surface area contributed by atoms with Gasteiger partial charge in [-0.2, -0.15) is 25.8 Å². The number of halogens is 3. The topological polar surface area (TPSA) is 33.1 Å². The third-order valence-corrected chi connectivity index (χ3v) is 2.98. The zero-order valence-electron chi connectivity index (χ0n) is 8.78. The van der Waals surface area contributed by atoms with Crippen LogP contribution in [0.1, 0.15) is 30.4 Å². The summed E-state index contributed by atoms with van der Waals surface area (Å²) >= 11 is 4.01. The van der Waals surface area contributed by atoms with Gasteiger partial charge in [-0.1, -0.05) is 6.07 Å². The molecule has 0 radical (unpaired) electrons. The van der Waals surface area contributed by atoms with Crippen molar-refractivity contribution >= 4 is 12.6 Å². The second-order valence-corrected chi connectivity index (χ2v) is 4.51. The van der Waals surface area contributed by atoms with E-state index in [1.54, 1.807) is 0 Å². The van der Waals surface area contributed by atoms with Gasteiger partial charge in [0.25, 0.3) is 0 Å². The molecular weight excluding hydrogens is 239 g/mol. The number of thiol groups is 1. The molecule has 1 aromatic rings. The largest absolute Gasteiger partial charge is 0.433 e. The first-order valence-electron chi connectivity index (χ1n) is 4.56. The first-order valence-corrected chi connectivity index (χ1v) is 5.08. The number of pyridine rings is 1. The van der Waals surface area contributed by atoms with Crippen LogP contribution in [-0.4, -0.2) is 15.7 Å². The van der Waals surface area contributed by atoms with Crippen molar-refractivity contribution in [3.05, 3.63) is 29.6 Å². The van der Waals surface area contributed by atoms with Crippen molar-refractivity contribution in [1.82, 2.24) is 4.98 Å². The smallest absolute Gasteiger partial charge is 0.389 e. The summed E-state index contributed by atoms with van der Waals surface area (Å²) in [5.41, 5.74) is -2.48. The van der Waals surface area contributed by atoms with Crippen molar-refractivity contribution in [3.63, 3.8) is 0 Å². The van der Waals surface area contributed by atoms with Crippen molar-refractivity contribution in [2.24, 2.45) is 0 Å². The van der Waals surface area contributed by atoms with Crippen LogP contribution in [0.15, 0.2) is 18.3 Å². The van der Waals surface area contributed by atoms with E-state index in [-0.39, 0.29) is 5.56 Å². The van der Waals surface area contributed by atoms with Crippen LogP contribution in [0, 0.1) is 0 Å². The average Bonchev–Trinajstić information content (AvgIpc) is 2.14. The summed E-state index contributed by atoms with van der Waals surface area (Å²) in [6, 6.07) is 2.66. The summed E-state index contributed by atoms with van der Waals surface area (Å²) in [6.45, 7) is 2.80. The molecule has 0 fully saturated rings. The standard InChI is InChI=1S/C10H12F3NOS/c1-9(2,15)8(16)6-4-3-5-14-7(6)10(11,12)13/h3-5,8,15-16H,1-2H3. The Balaban J connectivity index is 3.25. The van der Waals surface area contributed by atoms with Crippen LogP contribution in [0.2, 0.25) is 0 Å². The third kappa shape index (κ3) is 2.89. The minimum Gasteiger partial charge on any atom is -0.389 e. The van der Waals surface area contributed by atoms with E-state index in [2.05, 4.69) is 17.6 Å². The molecule has 0 aliphatic rings. The first-order chi connectivity index (χ1) is 7.14. The molecule has 0 saturated carbocycles. The Hall–Kier alpha value is -0.750. The molecule has 1 N–H and O–H groups in total. The van der Waals surface area contributed by atoms with Gasteiger partial charge < -0.3 is 5.11 Å². The molecule has 16 heavy (non-hydrogen) atoms. The van der Waals surface area contributed by atoms with Crippen molar-refractivity contribution in [2.75, 3.05) is 0 Å². The highest BCUT2D eigenvalue weighted by atomic mass is 32.1. The first kappa shape index (κ1) is 13.3. The molecule has 2 nitrogen and oxygen atoms in total. The van der Waals surface area contributed by atoms with Crippen LogP contribution in [-0.2, 0) is 6.18 Å². The molecule has 1 aromatic heterocycles. The van der Waals surface area contributed by atoms with E-state index in [1.165, 1.54) is 26.0 Å². The van der Waals surface area contributed by atoms with E-state index in [4.69, 9.17) is 0 Å². The van der Waals surface area contributed by atoms with Crippen LogP contribution in [0.4, 0.5) is 13.2 Å². The van der Waals surface area contributed by atoms with Crippen molar-refractivity contribution in [1.29, 1.82) is 0 Å². The predicted octanol–water partition coefficient (Wildman–Crippen LogP) is 2.84. The van der Waals surface area contributed by atoms with E-state index in [0.717, 1.165) is 6.20 Å². The fourth-order valence-corrected chi connectivity index (χ4v) is 1.46. The van der Waals surface area contributed by atoms with Gasteiger partial charge in [-0.25, -0.2) is 0 Å². The molecule has 1 atom stereocenters. The summed E-state index contributed by atoms with van der Waals surface area (Å²) in [6.07, 6.45) is -3.47. The summed E-state index contributed by atoms with van der Waals surface area (Å²) in [5.74, 6) is 0. The van der Waals surface area contributed by atoms with E-state index in [9.17, 15) is 18.3 Å².